The second kappa shape index (κ2) is 8.77. The summed E-state index contributed by atoms with van der Waals surface area (Å²) in [6.07, 6.45) is 0. The molecule has 0 bridgehead atoms. The Morgan fingerprint density at radius 1 is 1.11 bits per heavy atom. The Bertz CT molecular complexity index is 1740. The van der Waals surface area contributed by atoms with Gasteiger partial charge in [0.15, 0.2) is 5.82 Å². The third-order valence-electron chi connectivity index (χ3n) is 6.58. The molecule has 186 valence electrons. The lowest BCUT2D eigenvalue weighted by Gasteiger charge is -2.17. The summed E-state index contributed by atoms with van der Waals surface area (Å²) in [5.74, 6) is 0.572. The Morgan fingerprint density at radius 2 is 1.92 bits per heavy atom. The van der Waals surface area contributed by atoms with Gasteiger partial charge in [0.25, 0.3) is 0 Å². The average molecular weight is 498 g/mol. The normalized spacial score (nSPS) is 14.1. The number of imidazole rings is 1. The van der Waals surface area contributed by atoms with E-state index < -0.39 is 5.76 Å². The molecule has 5 aromatic rings. The van der Waals surface area contributed by atoms with Crippen molar-refractivity contribution in [3.63, 3.8) is 0 Å². The van der Waals surface area contributed by atoms with Crippen molar-refractivity contribution in [1.82, 2.24) is 19.7 Å². The Morgan fingerprint density at radius 3 is 2.70 bits per heavy atom. The summed E-state index contributed by atoms with van der Waals surface area (Å²) >= 11 is 0. The molecule has 3 aromatic carbocycles. The van der Waals surface area contributed by atoms with Crippen LogP contribution in [0.4, 0.5) is 10.3 Å². The van der Waals surface area contributed by atoms with Gasteiger partial charge in [-0.1, -0.05) is 29.4 Å². The van der Waals surface area contributed by atoms with Crippen molar-refractivity contribution in [2.45, 2.75) is 20.1 Å². The highest BCUT2D eigenvalue weighted by atomic mass is 19.1. The summed E-state index contributed by atoms with van der Waals surface area (Å²) < 4.78 is 27.1. The zero-order valence-electron chi connectivity index (χ0n) is 20.6. The molecule has 3 heterocycles. The Hall–Kier alpha value is -4.66. The molecule has 0 saturated heterocycles. The van der Waals surface area contributed by atoms with E-state index in [2.05, 4.69) is 32.9 Å². The fourth-order valence-electron chi connectivity index (χ4n) is 4.89. The van der Waals surface area contributed by atoms with Crippen LogP contribution in [0, 0.1) is 5.82 Å². The van der Waals surface area contributed by atoms with E-state index >= 15 is 0 Å². The van der Waals surface area contributed by atoms with Crippen LogP contribution in [0.3, 0.4) is 0 Å². The molecular formula is C28H24FN5O3. The molecule has 0 atom stereocenters. The first-order chi connectivity index (χ1) is 17.9. The van der Waals surface area contributed by atoms with Crippen molar-refractivity contribution in [3.8, 4) is 5.75 Å². The first kappa shape index (κ1) is 22.8. The Labute approximate surface area is 211 Å². The largest absolute Gasteiger partial charge is 0.488 e. The molecule has 0 fully saturated rings. The first-order valence-electron chi connectivity index (χ1n) is 11.8. The fraction of sp³-hybridized carbons (Fsp3) is 0.179. The summed E-state index contributed by atoms with van der Waals surface area (Å²) in [5, 5.41) is 3.88. The minimum atomic E-state index is -0.640. The lowest BCUT2D eigenvalue weighted by atomic mass is 9.89. The van der Waals surface area contributed by atoms with E-state index in [0.29, 0.717) is 29.3 Å². The lowest BCUT2D eigenvalue weighted by Crippen LogP contribution is -2.16. The third-order valence-corrected chi connectivity index (χ3v) is 6.58. The number of allylic oxidation sites excluding steroid dienone is 1. The molecule has 0 radical (unpaired) electrons. The molecule has 1 N–H and O–H groups in total. The molecule has 1 aliphatic rings. The maximum Gasteiger partial charge on any atom is 0.439 e. The number of halogens is 1. The van der Waals surface area contributed by atoms with E-state index in [0.717, 1.165) is 39.2 Å². The third kappa shape index (κ3) is 3.98. The van der Waals surface area contributed by atoms with E-state index in [9.17, 15) is 9.18 Å². The molecule has 0 unspecified atom stereocenters. The number of hydrogen-bond donors (Lipinski definition) is 1. The highest BCUT2D eigenvalue weighted by Crippen LogP contribution is 2.41. The molecule has 0 saturated carbocycles. The molecule has 0 spiro atoms. The first-order valence-corrected chi connectivity index (χ1v) is 11.8. The van der Waals surface area contributed by atoms with Crippen molar-refractivity contribution >= 4 is 28.1 Å². The van der Waals surface area contributed by atoms with Gasteiger partial charge in [-0.3, -0.25) is 9.51 Å². The highest BCUT2D eigenvalue weighted by molar-refractivity contribution is 5.99. The van der Waals surface area contributed by atoms with E-state index in [4.69, 9.17) is 14.2 Å². The quantitative estimate of drug-likeness (QED) is 0.382. The molecule has 1 aliphatic heterocycles. The standard InChI is InChI=1S/C28H24FN5O3/c1-16(26-31-28(35)37-32-26)25-20-10-8-17(12-18(20)15-36-24-13-19(29)9-11-21(24)25)14-34-23-7-5-4-6-22(23)30-27(34)33(2)3/h4-13H,14-15H2,1-3H3,(H,31,32,35)/b25-16+. The summed E-state index contributed by atoms with van der Waals surface area (Å²) in [6, 6.07) is 18.7. The average Bonchev–Trinajstić information content (AvgIpc) is 3.44. The minimum absolute atomic E-state index is 0.261. The van der Waals surface area contributed by atoms with Gasteiger partial charge in [-0.15, -0.1) is 0 Å². The van der Waals surface area contributed by atoms with Crippen LogP contribution in [-0.2, 0) is 13.2 Å². The minimum Gasteiger partial charge on any atom is -0.488 e. The highest BCUT2D eigenvalue weighted by Gasteiger charge is 2.24. The van der Waals surface area contributed by atoms with Crippen LogP contribution in [-0.4, -0.2) is 33.8 Å². The molecule has 37 heavy (non-hydrogen) atoms. The van der Waals surface area contributed by atoms with Crippen molar-refractivity contribution in [3.05, 3.63) is 105 Å². The Balaban J connectivity index is 1.49. The van der Waals surface area contributed by atoms with Gasteiger partial charge in [0.05, 0.1) is 17.6 Å². The van der Waals surface area contributed by atoms with Crippen LogP contribution in [0.2, 0.25) is 0 Å². The van der Waals surface area contributed by atoms with Crippen LogP contribution in [0.5, 0.6) is 5.75 Å². The smallest absolute Gasteiger partial charge is 0.439 e. The Kier molecular flexibility index (Phi) is 5.40. The maximum atomic E-state index is 14.1. The van der Waals surface area contributed by atoms with Crippen LogP contribution in [0.15, 0.2) is 70.0 Å². The summed E-state index contributed by atoms with van der Waals surface area (Å²) in [5.41, 5.74) is 7.09. The van der Waals surface area contributed by atoms with Crippen LogP contribution in [0.25, 0.3) is 22.2 Å². The summed E-state index contributed by atoms with van der Waals surface area (Å²) in [7, 11) is 3.96. The molecule has 6 rings (SSSR count). The topological polar surface area (TPSA) is 89.2 Å². The predicted octanol–water partition coefficient (Wildman–Crippen LogP) is 4.84. The number of hydrogen-bond acceptors (Lipinski definition) is 6. The second-order valence-electron chi connectivity index (χ2n) is 9.25. The van der Waals surface area contributed by atoms with Gasteiger partial charge in [-0.25, -0.2) is 14.2 Å². The van der Waals surface area contributed by atoms with E-state index in [1.165, 1.54) is 12.1 Å². The monoisotopic (exact) mass is 497 g/mol. The van der Waals surface area contributed by atoms with Gasteiger partial charge < -0.3 is 14.2 Å². The van der Waals surface area contributed by atoms with Gasteiger partial charge in [-0.2, -0.15) is 0 Å². The zero-order chi connectivity index (χ0) is 25.7. The zero-order valence-corrected chi connectivity index (χ0v) is 20.6. The summed E-state index contributed by atoms with van der Waals surface area (Å²) in [4.78, 5) is 21.1. The number of ether oxygens (including phenoxy) is 1. The molecular weight excluding hydrogens is 473 g/mol. The lowest BCUT2D eigenvalue weighted by molar-refractivity contribution is 0.305. The number of nitrogens with one attached hydrogen (secondary N) is 1. The number of aromatic nitrogens is 4. The molecule has 9 heteroatoms. The van der Waals surface area contributed by atoms with Gasteiger partial charge in [0.2, 0.25) is 5.95 Å². The summed E-state index contributed by atoms with van der Waals surface area (Å²) in [6.45, 7) is 2.72. The van der Waals surface area contributed by atoms with Crippen LogP contribution in [0.1, 0.15) is 35.0 Å². The number of nitrogens with zero attached hydrogens (tertiary/aromatic N) is 4. The van der Waals surface area contributed by atoms with Gasteiger partial charge in [0, 0.05) is 31.3 Å². The van der Waals surface area contributed by atoms with E-state index in [-0.39, 0.29) is 12.4 Å². The maximum absolute atomic E-state index is 14.1. The fourth-order valence-corrected chi connectivity index (χ4v) is 4.89. The number of anilines is 1. The van der Waals surface area contributed by atoms with Crippen molar-refractivity contribution in [2.75, 3.05) is 19.0 Å². The number of H-pyrrole nitrogens is 1. The van der Waals surface area contributed by atoms with E-state index in [1.807, 2.05) is 50.2 Å². The van der Waals surface area contributed by atoms with Gasteiger partial charge in [0.1, 0.15) is 18.2 Å². The number of para-hydroxylation sites is 2. The molecule has 2 aromatic heterocycles. The van der Waals surface area contributed by atoms with Crippen LogP contribution >= 0.6 is 0 Å². The van der Waals surface area contributed by atoms with Crippen molar-refractivity contribution in [1.29, 1.82) is 0 Å². The number of benzene rings is 3. The molecule has 0 aliphatic carbocycles. The van der Waals surface area contributed by atoms with E-state index in [1.54, 1.807) is 6.07 Å². The molecule has 8 nitrogen and oxygen atoms in total. The van der Waals surface area contributed by atoms with Gasteiger partial charge >= 0.3 is 5.76 Å². The number of rotatable bonds is 4. The van der Waals surface area contributed by atoms with Crippen molar-refractivity contribution in [2.24, 2.45) is 0 Å². The predicted molar refractivity (Wildman–Crippen MR) is 139 cm³/mol. The number of fused-ring (bicyclic) bond motifs is 3. The number of aromatic amines is 1. The van der Waals surface area contributed by atoms with Crippen LogP contribution < -0.4 is 15.4 Å². The van der Waals surface area contributed by atoms with Crippen molar-refractivity contribution < 1.29 is 13.7 Å². The SMILES string of the molecule is C/C(=C1/c2ccc(Cn3c(N(C)C)nc4ccccc43)cc2COc2cc(F)ccc21)c1noc(=O)[nH]1. The van der Waals surface area contributed by atoms with Gasteiger partial charge in [-0.05, 0) is 59.5 Å². The molecule has 0 amide bonds. The second-order valence-corrected chi connectivity index (χ2v) is 9.25.